The van der Waals surface area contributed by atoms with E-state index in [2.05, 4.69) is 42.5 Å². The predicted molar refractivity (Wildman–Crippen MR) is 132 cm³/mol. The Morgan fingerprint density at radius 1 is 1.06 bits per heavy atom. The maximum atomic E-state index is 13.2. The summed E-state index contributed by atoms with van der Waals surface area (Å²) in [6.07, 6.45) is 13.7. The number of nitrogens with zero attached hydrogens (tertiary/aromatic N) is 1. The predicted octanol–water partition coefficient (Wildman–Crippen LogP) is 4.78. The van der Waals surface area contributed by atoms with Crippen LogP contribution in [-0.2, 0) is 11.2 Å². The number of carbonyl (C=O) groups is 2. The van der Waals surface area contributed by atoms with E-state index in [0.717, 1.165) is 66.6 Å². The lowest BCUT2D eigenvalue weighted by molar-refractivity contribution is -0.115. The van der Waals surface area contributed by atoms with Crippen LogP contribution in [0.3, 0.4) is 0 Å². The highest BCUT2D eigenvalue weighted by atomic mass is 16.5. The van der Waals surface area contributed by atoms with Gasteiger partial charge in [-0.2, -0.15) is 0 Å². The molecule has 0 atom stereocenters. The first-order chi connectivity index (χ1) is 15.9. The third-order valence-corrected chi connectivity index (χ3v) is 7.12. The first-order valence-corrected chi connectivity index (χ1v) is 12.2. The smallest absolute Gasteiger partial charge is 0.251 e. The second kappa shape index (κ2) is 10.5. The maximum Gasteiger partial charge on any atom is 0.251 e. The van der Waals surface area contributed by atoms with Crippen molar-refractivity contribution in [3.8, 4) is 5.75 Å². The van der Waals surface area contributed by atoms with Crippen molar-refractivity contribution in [2.24, 2.45) is 0 Å². The van der Waals surface area contributed by atoms with Crippen LogP contribution in [0.2, 0.25) is 0 Å². The molecule has 2 aliphatic carbocycles. The highest BCUT2D eigenvalue weighted by Crippen LogP contribution is 2.31. The van der Waals surface area contributed by atoms with E-state index in [1.807, 2.05) is 25.1 Å². The Labute approximate surface area is 197 Å². The molecule has 1 aromatic rings. The SMILES string of the molecule is CC1=CC2=C(CNC(=O)c3cccc(OC4CCC(N(C)C)CC4)c3C/C=C\CC2)C(=O)C1. The van der Waals surface area contributed by atoms with Gasteiger partial charge in [-0.05, 0) is 83.7 Å². The van der Waals surface area contributed by atoms with Crippen LogP contribution in [-0.4, -0.2) is 49.4 Å². The largest absolute Gasteiger partial charge is 0.490 e. The molecule has 0 unspecified atom stereocenters. The van der Waals surface area contributed by atoms with E-state index in [9.17, 15) is 9.59 Å². The van der Waals surface area contributed by atoms with E-state index in [1.54, 1.807) is 0 Å². The summed E-state index contributed by atoms with van der Waals surface area (Å²) >= 11 is 0. The van der Waals surface area contributed by atoms with Crippen molar-refractivity contribution in [2.45, 2.75) is 70.4 Å². The van der Waals surface area contributed by atoms with E-state index < -0.39 is 0 Å². The van der Waals surface area contributed by atoms with Gasteiger partial charge in [0.25, 0.3) is 5.91 Å². The summed E-state index contributed by atoms with van der Waals surface area (Å²) in [4.78, 5) is 28.1. The van der Waals surface area contributed by atoms with Crippen LogP contribution in [0.1, 0.15) is 67.8 Å². The van der Waals surface area contributed by atoms with Gasteiger partial charge in [-0.25, -0.2) is 0 Å². The van der Waals surface area contributed by atoms with Crippen LogP contribution >= 0.6 is 0 Å². The zero-order chi connectivity index (χ0) is 23.4. The van der Waals surface area contributed by atoms with Crippen LogP contribution in [0.25, 0.3) is 0 Å². The average Bonchev–Trinajstić information content (AvgIpc) is 2.78. The molecule has 0 bridgehead atoms. The van der Waals surface area contributed by atoms with Gasteiger partial charge in [0.15, 0.2) is 5.78 Å². The number of ketones is 1. The van der Waals surface area contributed by atoms with E-state index >= 15 is 0 Å². The summed E-state index contributed by atoms with van der Waals surface area (Å²) < 4.78 is 6.47. The average molecular weight is 449 g/mol. The fraction of sp³-hybridized carbons (Fsp3) is 0.500. The minimum Gasteiger partial charge on any atom is -0.490 e. The quantitative estimate of drug-likeness (QED) is 0.677. The molecule has 3 aliphatic rings. The summed E-state index contributed by atoms with van der Waals surface area (Å²) in [5, 5.41) is 3.02. The zero-order valence-electron chi connectivity index (χ0n) is 20.2. The fourth-order valence-electron chi connectivity index (χ4n) is 5.19. The Kier molecular flexibility index (Phi) is 7.49. The zero-order valence-corrected chi connectivity index (χ0v) is 20.2. The number of hydrogen-bond donors (Lipinski definition) is 1. The van der Waals surface area contributed by atoms with E-state index in [4.69, 9.17) is 4.74 Å². The molecule has 0 aromatic heterocycles. The second-order valence-electron chi connectivity index (χ2n) is 9.79. The van der Waals surface area contributed by atoms with Gasteiger partial charge in [0, 0.05) is 35.7 Å². The number of carbonyl (C=O) groups excluding carboxylic acids is 2. The molecule has 5 heteroatoms. The number of rotatable bonds is 3. The van der Waals surface area contributed by atoms with Gasteiger partial charge < -0.3 is 15.0 Å². The highest BCUT2D eigenvalue weighted by Gasteiger charge is 2.26. The van der Waals surface area contributed by atoms with Crippen LogP contribution in [0.4, 0.5) is 0 Å². The van der Waals surface area contributed by atoms with Crippen LogP contribution in [0.5, 0.6) is 5.75 Å². The lowest BCUT2D eigenvalue weighted by Gasteiger charge is -2.33. The summed E-state index contributed by atoms with van der Waals surface area (Å²) in [7, 11) is 4.29. The van der Waals surface area contributed by atoms with E-state index in [-0.39, 0.29) is 24.3 Å². The lowest BCUT2D eigenvalue weighted by atomic mass is 9.89. The number of hydrogen-bond acceptors (Lipinski definition) is 4. The molecule has 176 valence electrons. The molecule has 1 fully saturated rings. The Balaban J connectivity index is 1.55. The van der Waals surface area contributed by atoms with Crippen molar-refractivity contribution in [1.82, 2.24) is 10.2 Å². The van der Waals surface area contributed by atoms with Gasteiger partial charge in [0.2, 0.25) is 0 Å². The molecule has 4 rings (SSSR count). The third-order valence-electron chi connectivity index (χ3n) is 7.12. The molecule has 1 aliphatic heterocycles. The highest BCUT2D eigenvalue weighted by molar-refractivity contribution is 6.02. The molecule has 1 heterocycles. The van der Waals surface area contributed by atoms with Crippen LogP contribution in [0.15, 0.2) is 53.1 Å². The van der Waals surface area contributed by atoms with Crippen molar-refractivity contribution in [1.29, 1.82) is 0 Å². The minimum atomic E-state index is -0.147. The Morgan fingerprint density at radius 3 is 2.61 bits per heavy atom. The number of ether oxygens (including phenoxy) is 1. The molecule has 5 nitrogen and oxygen atoms in total. The molecule has 0 spiro atoms. The van der Waals surface area contributed by atoms with Crippen molar-refractivity contribution in [2.75, 3.05) is 20.6 Å². The number of fused-ring (bicyclic) bond motifs is 1. The van der Waals surface area contributed by atoms with Gasteiger partial charge in [0.1, 0.15) is 5.75 Å². The molecule has 33 heavy (non-hydrogen) atoms. The molecule has 1 N–H and O–H groups in total. The van der Waals surface area contributed by atoms with Crippen molar-refractivity contribution in [3.63, 3.8) is 0 Å². The molecule has 1 saturated carbocycles. The molecular weight excluding hydrogens is 412 g/mol. The Hall–Kier alpha value is -2.66. The molecule has 1 amide bonds. The third kappa shape index (κ3) is 5.64. The minimum absolute atomic E-state index is 0.122. The number of benzene rings is 1. The molecular formula is C28H36N2O3. The van der Waals surface area contributed by atoms with Crippen molar-refractivity contribution < 1.29 is 14.3 Å². The molecule has 1 aromatic carbocycles. The Bertz CT molecular complexity index is 994. The van der Waals surface area contributed by atoms with Crippen LogP contribution < -0.4 is 10.1 Å². The van der Waals surface area contributed by atoms with Gasteiger partial charge >= 0.3 is 0 Å². The standard InChI is InChI=1S/C28H36N2O3/c1-19-16-20-8-5-4-6-9-23-24(28(32)29-18-25(20)26(31)17-19)10-7-11-27(23)33-22-14-12-21(13-15-22)30(2)3/h4,6-7,10-11,16,21-22H,5,8-9,12-15,17-18H2,1-3H3,(H,29,32)/b6-4-. The van der Waals surface area contributed by atoms with Crippen LogP contribution in [0, 0.1) is 0 Å². The van der Waals surface area contributed by atoms with Gasteiger partial charge in [-0.1, -0.05) is 29.9 Å². The van der Waals surface area contributed by atoms with Gasteiger partial charge in [0.05, 0.1) is 6.10 Å². The van der Waals surface area contributed by atoms with E-state index in [1.165, 1.54) is 0 Å². The summed E-state index contributed by atoms with van der Waals surface area (Å²) in [6, 6.07) is 6.37. The number of nitrogens with one attached hydrogen (secondary N) is 1. The summed E-state index contributed by atoms with van der Waals surface area (Å²) in [5.41, 5.74) is 4.46. The number of amides is 1. The monoisotopic (exact) mass is 448 g/mol. The Morgan fingerprint density at radius 2 is 1.85 bits per heavy atom. The summed E-state index contributed by atoms with van der Waals surface area (Å²) in [5.74, 6) is 0.786. The van der Waals surface area contributed by atoms with Crippen molar-refractivity contribution in [3.05, 3.63) is 64.3 Å². The topological polar surface area (TPSA) is 58.6 Å². The lowest BCUT2D eigenvalue weighted by Crippen LogP contribution is -2.35. The first kappa shape index (κ1) is 23.5. The first-order valence-electron chi connectivity index (χ1n) is 12.2. The second-order valence-corrected chi connectivity index (χ2v) is 9.79. The molecule has 0 radical (unpaired) electrons. The normalized spacial score (nSPS) is 25.3. The molecule has 0 saturated heterocycles. The fourth-order valence-corrected chi connectivity index (χ4v) is 5.19. The van der Waals surface area contributed by atoms with Gasteiger partial charge in [-0.15, -0.1) is 0 Å². The van der Waals surface area contributed by atoms with E-state index in [0.29, 0.717) is 24.4 Å². The summed E-state index contributed by atoms with van der Waals surface area (Å²) in [6.45, 7) is 2.27. The van der Waals surface area contributed by atoms with Gasteiger partial charge in [-0.3, -0.25) is 9.59 Å². The number of allylic oxidation sites excluding steroid dienone is 5. The maximum absolute atomic E-state index is 13.2. The van der Waals surface area contributed by atoms with Crippen molar-refractivity contribution >= 4 is 11.7 Å². The number of Topliss-reactive ketones (excluding diaryl/α,β-unsaturated/α-hetero) is 1.